The summed E-state index contributed by atoms with van der Waals surface area (Å²) in [6.45, 7) is 3.21. The van der Waals surface area contributed by atoms with Crippen LogP contribution in [-0.2, 0) is 0 Å². The molecule has 0 aromatic carbocycles. The lowest BCUT2D eigenvalue weighted by atomic mass is 10.1. The maximum Gasteiger partial charge on any atom is 0.224 e. The van der Waals surface area contributed by atoms with E-state index in [4.69, 9.17) is 4.98 Å². The van der Waals surface area contributed by atoms with Gasteiger partial charge >= 0.3 is 0 Å². The molecule has 1 aliphatic rings. The van der Waals surface area contributed by atoms with E-state index in [0.29, 0.717) is 6.04 Å². The molecule has 2 aromatic rings. The van der Waals surface area contributed by atoms with E-state index in [2.05, 4.69) is 26.8 Å². The largest absolute Gasteiger partial charge is 0.354 e. The summed E-state index contributed by atoms with van der Waals surface area (Å²) in [5.41, 5.74) is 1.89. The molecule has 2 aromatic heterocycles. The Morgan fingerprint density at radius 3 is 2.70 bits per heavy atom. The van der Waals surface area contributed by atoms with Gasteiger partial charge in [-0.15, -0.1) is 0 Å². The third kappa shape index (κ3) is 4.21. The summed E-state index contributed by atoms with van der Waals surface area (Å²) in [5, 5.41) is 3.37. The van der Waals surface area contributed by atoms with Gasteiger partial charge in [0.05, 0.1) is 12.5 Å². The standard InChI is InChI=1S/C18H29N5/c1-2-3-4-5-6-9-12-19-18-20-13-16-17(22-18)23(14-21-16)15-10-7-8-11-15/h13-15H,2-12H2,1H3,(H,19,20,22). The average molecular weight is 315 g/mol. The lowest BCUT2D eigenvalue weighted by molar-refractivity contribution is 0.529. The van der Waals surface area contributed by atoms with Crippen molar-refractivity contribution in [2.75, 3.05) is 11.9 Å². The maximum atomic E-state index is 4.71. The minimum atomic E-state index is 0.571. The molecule has 1 saturated carbocycles. The number of imidazole rings is 1. The second-order valence-electron chi connectivity index (χ2n) is 6.69. The zero-order valence-corrected chi connectivity index (χ0v) is 14.3. The monoisotopic (exact) mass is 315 g/mol. The summed E-state index contributed by atoms with van der Waals surface area (Å²) in [5.74, 6) is 0.741. The Labute approximate surface area is 138 Å². The van der Waals surface area contributed by atoms with Crippen LogP contribution in [0.5, 0.6) is 0 Å². The van der Waals surface area contributed by atoms with Crippen LogP contribution in [0.3, 0.4) is 0 Å². The molecule has 0 amide bonds. The summed E-state index contributed by atoms with van der Waals surface area (Å²) < 4.78 is 2.25. The van der Waals surface area contributed by atoms with Gasteiger partial charge in [0.1, 0.15) is 5.52 Å². The van der Waals surface area contributed by atoms with E-state index in [1.807, 2.05) is 12.5 Å². The molecule has 0 spiro atoms. The number of anilines is 1. The quantitative estimate of drug-likeness (QED) is 0.681. The van der Waals surface area contributed by atoms with E-state index in [1.165, 1.54) is 64.2 Å². The highest BCUT2D eigenvalue weighted by molar-refractivity contribution is 5.71. The zero-order valence-electron chi connectivity index (χ0n) is 14.3. The van der Waals surface area contributed by atoms with Gasteiger partial charge < -0.3 is 9.88 Å². The molecule has 5 nitrogen and oxygen atoms in total. The van der Waals surface area contributed by atoms with Crippen molar-refractivity contribution in [1.29, 1.82) is 0 Å². The number of nitrogens with one attached hydrogen (secondary N) is 1. The molecular formula is C18H29N5. The van der Waals surface area contributed by atoms with Crippen molar-refractivity contribution < 1.29 is 0 Å². The average Bonchev–Trinajstić information content (AvgIpc) is 3.22. The van der Waals surface area contributed by atoms with E-state index in [0.717, 1.165) is 23.7 Å². The number of unbranched alkanes of at least 4 members (excludes halogenated alkanes) is 5. The Balaban J connectivity index is 1.53. The van der Waals surface area contributed by atoms with Crippen molar-refractivity contribution in [2.45, 2.75) is 77.2 Å². The molecule has 1 aliphatic carbocycles. The fraction of sp³-hybridized carbons (Fsp3) is 0.722. The van der Waals surface area contributed by atoms with Crippen molar-refractivity contribution in [3.63, 3.8) is 0 Å². The number of fused-ring (bicyclic) bond motifs is 1. The van der Waals surface area contributed by atoms with Crippen molar-refractivity contribution in [3.8, 4) is 0 Å². The molecule has 1 N–H and O–H groups in total. The fourth-order valence-corrected chi connectivity index (χ4v) is 3.47. The fourth-order valence-electron chi connectivity index (χ4n) is 3.47. The second kappa shape index (κ2) is 8.27. The highest BCUT2D eigenvalue weighted by Gasteiger charge is 2.19. The van der Waals surface area contributed by atoms with Crippen LogP contribution in [-0.4, -0.2) is 26.1 Å². The summed E-state index contributed by atoms with van der Waals surface area (Å²) in [6, 6.07) is 0.571. The summed E-state index contributed by atoms with van der Waals surface area (Å²) >= 11 is 0. The first-order valence-electron chi connectivity index (χ1n) is 9.32. The molecule has 126 valence electrons. The van der Waals surface area contributed by atoms with Crippen LogP contribution in [0.4, 0.5) is 5.95 Å². The van der Waals surface area contributed by atoms with Gasteiger partial charge in [-0.05, 0) is 19.3 Å². The SMILES string of the molecule is CCCCCCCCNc1ncc2ncn(C3CCCC3)c2n1. The summed E-state index contributed by atoms with van der Waals surface area (Å²) in [7, 11) is 0. The number of hydrogen-bond donors (Lipinski definition) is 1. The molecule has 5 heteroatoms. The molecule has 0 radical (unpaired) electrons. The molecule has 2 heterocycles. The predicted molar refractivity (Wildman–Crippen MR) is 94.7 cm³/mol. The normalized spacial score (nSPS) is 15.5. The van der Waals surface area contributed by atoms with E-state index >= 15 is 0 Å². The van der Waals surface area contributed by atoms with Crippen LogP contribution in [0, 0.1) is 0 Å². The molecule has 0 aliphatic heterocycles. The van der Waals surface area contributed by atoms with Crippen molar-refractivity contribution in [2.24, 2.45) is 0 Å². The zero-order chi connectivity index (χ0) is 15.9. The van der Waals surface area contributed by atoms with Gasteiger partial charge in [-0.3, -0.25) is 0 Å². The molecule has 0 atom stereocenters. The van der Waals surface area contributed by atoms with Gasteiger partial charge in [0, 0.05) is 12.6 Å². The second-order valence-corrected chi connectivity index (χ2v) is 6.69. The number of rotatable bonds is 9. The maximum absolute atomic E-state index is 4.71. The molecule has 0 bridgehead atoms. The summed E-state index contributed by atoms with van der Waals surface area (Å²) in [6.07, 6.45) is 16.7. The van der Waals surface area contributed by atoms with Crippen LogP contribution in [0.15, 0.2) is 12.5 Å². The first-order valence-corrected chi connectivity index (χ1v) is 9.32. The Morgan fingerprint density at radius 2 is 1.87 bits per heavy atom. The Morgan fingerprint density at radius 1 is 1.09 bits per heavy atom. The minimum Gasteiger partial charge on any atom is -0.354 e. The third-order valence-corrected chi connectivity index (χ3v) is 4.85. The van der Waals surface area contributed by atoms with E-state index < -0.39 is 0 Å². The van der Waals surface area contributed by atoms with Crippen molar-refractivity contribution in [3.05, 3.63) is 12.5 Å². The van der Waals surface area contributed by atoms with Crippen molar-refractivity contribution in [1.82, 2.24) is 19.5 Å². The molecule has 0 saturated heterocycles. The van der Waals surface area contributed by atoms with Gasteiger partial charge in [0.25, 0.3) is 0 Å². The first kappa shape index (κ1) is 16.2. The van der Waals surface area contributed by atoms with E-state index in [1.54, 1.807) is 0 Å². The van der Waals surface area contributed by atoms with Crippen LogP contribution < -0.4 is 5.32 Å². The Hall–Kier alpha value is -1.65. The smallest absolute Gasteiger partial charge is 0.224 e. The highest BCUT2D eigenvalue weighted by atomic mass is 15.2. The third-order valence-electron chi connectivity index (χ3n) is 4.85. The summed E-state index contributed by atoms with van der Waals surface area (Å²) in [4.78, 5) is 13.6. The number of nitrogens with zero attached hydrogens (tertiary/aromatic N) is 4. The first-order chi connectivity index (χ1) is 11.4. The van der Waals surface area contributed by atoms with Crippen LogP contribution in [0.1, 0.15) is 77.2 Å². The van der Waals surface area contributed by atoms with Gasteiger partial charge in [-0.25, -0.2) is 9.97 Å². The van der Waals surface area contributed by atoms with Gasteiger partial charge in [-0.1, -0.05) is 51.9 Å². The van der Waals surface area contributed by atoms with Gasteiger partial charge in [0.15, 0.2) is 5.65 Å². The van der Waals surface area contributed by atoms with Gasteiger partial charge in [-0.2, -0.15) is 4.98 Å². The van der Waals surface area contributed by atoms with Crippen LogP contribution in [0.25, 0.3) is 11.2 Å². The predicted octanol–water partition coefficient (Wildman–Crippen LogP) is 4.71. The highest BCUT2D eigenvalue weighted by Crippen LogP contribution is 2.31. The molecule has 3 rings (SSSR count). The van der Waals surface area contributed by atoms with E-state index in [-0.39, 0.29) is 0 Å². The molecule has 23 heavy (non-hydrogen) atoms. The Kier molecular flexibility index (Phi) is 5.83. The molecular weight excluding hydrogens is 286 g/mol. The Bertz CT molecular complexity index is 600. The van der Waals surface area contributed by atoms with Crippen LogP contribution >= 0.6 is 0 Å². The molecule has 0 unspecified atom stereocenters. The minimum absolute atomic E-state index is 0.571. The topological polar surface area (TPSA) is 55.6 Å². The lowest BCUT2D eigenvalue weighted by Crippen LogP contribution is -2.08. The van der Waals surface area contributed by atoms with Crippen LogP contribution in [0.2, 0.25) is 0 Å². The number of aromatic nitrogens is 4. The van der Waals surface area contributed by atoms with Gasteiger partial charge in [0.2, 0.25) is 5.95 Å². The lowest BCUT2D eigenvalue weighted by Gasteiger charge is -2.12. The number of hydrogen-bond acceptors (Lipinski definition) is 4. The van der Waals surface area contributed by atoms with E-state index in [9.17, 15) is 0 Å². The van der Waals surface area contributed by atoms with Crippen molar-refractivity contribution >= 4 is 17.1 Å². The molecule has 1 fully saturated rings.